The number of H-pyrrole nitrogens is 1. The summed E-state index contributed by atoms with van der Waals surface area (Å²) >= 11 is 5.97. The van der Waals surface area contributed by atoms with E-state index < -0.39 is 40.6 Å². The van der Waals surface area contributed by atoms with E-state index in [2.05, 4.69) is 15.4 Å². The Morgan fingerprint density at radius 2 is 1.59 bits per heavy atom. The third kappa shape index (κ3) is 8.07. The van der Waals surface area contributed by atoms with Crippen LogP contribution in [0.1, 0.15) is 55.7 Å². The predicted molar refractivity (Wildman–Crippen MR) is 175 cm³/mol. The molecule has 6 rings (SSSR count). The molecule has 2 aromatic carbocycles. The molecule has 1 aromatic heterocycles. The summed E-state index contributed by atoms with van der Waals surface area (Å²) in [7, 11) is 0. The number of hydrogen-bond acceptors (Lipinski definition) is 7. The molecule has 15 heteroatoms. The van der Waals surface area contributed by atoms with Crippen LogP contribution in [0.25, 0.3) is 11.4 Å². The van der Waals surface area contributed by atoms with Crippen LogP contribution in [0.3, 0.4) is 0 Å². The van der Waals surface area contributed by atoms with E-state index in [0.29, 0.717) is 43.6 Å². The highest BCUT2D eigenvalue weighted by molar-refractivity contribution is 6.32. The van der Waals surface area contributed by atoms with Gasteiger partial charge in [0.05, 0.1) is 16.6 Å². The van der Waals surface area contributed by atoms with Gasteiger partial charge < -0.3 is 25.0 Å². The van der Waals surface area contributed by atoms with Gasteiger partial charge in [-0.25, -0.2) is 14.3 Å². The van der Waals surface area contributed by atoms with Crippen LogP contribution < -0.4 is 11.0 Å². The van der Waals surface area contributed by atoms with Crippen LogP contribution in [0, 0.1) is 11.8 Å². The number of phenolic OH excluding ortho intramolecular Hbond substituents is 1. The number of ether oxygens (including phenoxy) is 1. The number of rotatable bonds is 7. The van der Waals surface area contributed by atoms with Gasteiger partial charge in [0.15, 0.2) is 11.9 Å². The van der Waals surface area contributed by atoms with Crippen LogP contribution in [-0.4, -0.2) is 87.0 Å². The van der Waals surface area contributed by atoms with Crippen LogP contribution in [0.4, 0.5) is 18.0 Å². The van der Waals surface area contributed by atoms with Crippen molar-refractivity contribution in [3.05, 3.63) is 69.1 Å². The molecule has 3 fully saturated rings. The zero-order valence-corrected chi connectivity index (χ0v) is 27.7. The smallest absolute Gasteiger partial charge is 0.420 e. The number of likely N-dealkylation sites (tertiary alicyclic amines) is 2. The van der Waals surface area contributed by atoms with Crippen LogP contribution in [0.5, 0.6) is 5.75 Å². The molecule has 0 aliphatic carbocycles. The zero-order chi connectivity index (χ0) is 34.7. The highest BCUT2D eigenvalue weighted by Crippen LogP contribution is 2.41. The molecule has 0 saturated carbocycles. The molecule has 11 nitrogen and oxygen atoms in total. The lowest BCUT2D eigenvalue weighted by Crippen LogP contribution is -2.49. The summed E-state index contributed by atoms with van der Waals surface area (Å²) < 4.78 is 48.2. The van der Waals surface area contributed by atoms with E-state index >= 15 is 0 Å². The third-order valence-electron chi connectivity index (χ3n) is 10.0. The minimum absolute atomic E-state index is 0.00305. The molecule has 49 heavy (non-hydrogen) atoms. The first-order valence-corrected chi connectivity index (χ1v) is 17.1. The van der Waals surface area contributed by atoms with Crippen molar-refractivity contribution < 1.29 is 32.6 Å². The molecule has 0 spiro atoms. The van der Waals surface area contributed by atoms with Crippen molar-refractivity contribution in [1.82, 2.24) is 29.9 Å². The summed E-state index contributed by atoms with van der Waals surface area (Å²) in [4.78, 5) is 45.9. The minimum Gasteiger partial charge on any atom is -0.506 e. The second kappa shape index (κ2) is 14.8. The molecule has 264 valence electrons. The summed E-state index contributed by atoms with van der Waals surface area (Å²) in [6.07, 6.45) is -2.87. The average molecular weight is 705 g/mol. The van der Waals surface area contributed by atoms with E-state index in [1.807, 2.05) is 30.3 Å². The molecule has 2 amide bonds. The number of amides is 2. The largest absolute Gasteiger partial charge is 0.506 e. The van der Waals surface area contributed by atoms with Gasteiger partial charge in [-0.2, -0.15) is 13.2 Å². The number of carbonyl (C=O) groups is 2. The maximum absolute atomic E-state index is 13.9. The molecular weight excluding hydrogens is 665 g/mol. The Morgan fingerprint density at radius 1 is 0.959 bits per heavy atom. The molecule has 3 aliphatic heterocycles. The predicted octanol–water partition coefficient (Wildman–Crippen LogP) is 5.24. The topological polar surface area (TPSA) is 133 Å². The molecular formula is C34H40ClF3N6O5. The second-order valence-electron chi connectivity index (χ2n) is 13.1. The number of nitrogens with zero attached hydrogens (tertiary/aromatic N) is 4. The number of halogens is 4. The highest BCUT2D eigenvalue weighted by Gasteiger charge is 2.38. The SMILES string of the molecule is O=C(O[C@H](Cc1cc(Cl)c(O)c(C(F)(F)F)c1)C(=O)N1CCC(C2CCNCC2)CC1)N1CCC(n2nc(-c3ccccc3)[nH]c2=O)CC1. The number of aromatic nitrogens is 3. The van der Waals surface area contributed by atoms with E-state index in [4.69, 9.17) is 16.3 Å². The Hall–Kier alpha value is -4.04. The van der Waals surface area contributed by atoms with Crippen LogP contribution in [0.2, 0.25) is 5.02 Å². The van der Waals surface area contributed by atoms with Gasteiger partial charge in [0.25, 0.3) is 5.91 Å². The minimum atomic E-state index is -4.89. The van der Waals surface area contributed by atoms with Crippen LogP contribution in [-0.2, 0) is 22.1 Å². The number of benzene rings is 2. The number of nitrogens with one attached hydrogen (secondary N) is 2. The van der Waals surface area contributed by atoms with E-state index in [9.17, 15) is 32.7 Å². The van der Waals surface area contributed by atoms with Crippen molar-refractivity contribution in [3.63, 3.8) is 0 Å². The third-order valence-corrected chi connectivity index (χ3v) is 10.3. The van der Waals surface area contributed by atoms with E-state index in [0.717, 1.165) is 56.5 Å². The van der Waals surface area contributed by atoms with Crippen molar-refractivity contribution >= 4 is 23.6 Å². The first kappa shape index (κ1) is 34.8. The molecule has 0 unspecified atom stereocenters. The maximum atomic E-state index is 13.9. The molecule has 1 atom stereocenters. The number of aromatic hydroxyl groups is 1. The summed E-state index contributed by atoms with van der Waals surface area (Å²) in [6, 6.07) is 10.8. The Morgan fingerprint density at radius 3 is 2.24 bits per heavy atom. The van der Waals surface area contributed by atoms with Gasteiger partial charge in [-0.3, -0.25) is 9.78 Å². The van der Waals surface area contributed by atoms with Gasteiger partial charge in [0.2, 0.25) is 0 Å². The number of carbonyl (C=O) groups excluding carboxylic acids is 2. The van der Waals surface area contributed by atoms with Gasteiger partial charge in [-0.15, -0.1) is 5.10 Å². The van der Waals surface area contributed by atoms with Gasteiger partial charge in [-0.1, -0.05) is 41.9 Å². The lowest BCUT2D eigenvalue weighted by molar-refractivity contribution is -0.142. The molecule has 4 heterocycles. The Labute approximate surface area is 286 Å². The Bertz CT molecular complexity index is 1680. The molecule has 0 radical (unpaired) electrons. The first-order chi connectivity index (χ1) is 23.5. The number of piperidine rings is 3. The summed E-state index contributed by atoms with van der Waals surface area (Å²) in [5.74, 6) is -0.0906. The summed E-state index contributed by atoms with van der Waals surface area (Å²) in [6.45, 7) is 3.30. The van der Waals surface area contributed by atoms with Crippen molar-refractivity contribution in [2.45, 2.75) is 63.3 Å². The van der Waals surface area contributed by atoms with Crippen LogP contribution >= 0.6 is 11.6 Å². The van der Waals surface area contributed by atoms with Crippen molar-refractivity contribution in [1.29, 1.82) is 0 Å². The van der Waals surface area contributed by atoms with Crippen molar-refractivity contribution in [2.75, 3.05) is 39.3 Å². The molecule has 3 aliphatic rings. The number of aromatic amines is 1. The fourth-order valence-corrected chi connectivity index (χ4v) is 7.53. The fraction of sp³-hybridized carbons (Fsp3) is 0.529. The quantitative estimate of drug-likeness (QED) is 0.307. The molecule has 0 bridgehead atoms. The van der Waals surface area contributed by atoms with Gasteiger partial charge in [-0.05, 0) is 81.1 Å². The molecule has 3 N–H and O–H groups in total. The van der Waals surface area contributed by atoms with E-state index in [1.165, 1.54) is 9.58 Å². The van der Waals surface area contributed by atoms with Gasteiger partial charge >= 0.3 is 18.0 Å². The lowest BCUT2D eigenvalue weighted by Gasteiger charge is -2.39. The maximum Gasteiger partial charge on any atom is 0.420 e. The Balaban J connectivity index is 1.14. The van der Waals surface area contributed by atoms with E-state index in [-0.39, 0.29) is 36.8 Å². The first-order valence-electron chi connectivity index (χ1n) is 16.8. The highest BCUT2D eigenvalue weighted by atomic mass is 35.5. The van der Waals surface area contributed by atoms with Gasteiger partial charge in [0.1, 0.15) is 5.75 Å². The molecule has 3 saturated heterocycles. The van der Waals surface area contributed by atoms with Gasteiger partial charge in [0, 0.05) is 38.2 Å². The number of phenols is 1. The zero-order valence-electron chi connectivity index (χ0n) is 26.9. The van der Waals surface area contributed by atoms with Crippen LogP contribution in [0.15, 0.2) is 47.3 Å². The van der Waals surface area contributed by atoms with Crippen molar-refractivity contribution in [3.8, 4) is 17.1 Å². The average Bonchev–Trinajstić information content (AvgIpc) is 3.51. The lowest BCUT2D eigenvalue weighted by atomic mass is 9.79. The molecule has 3 aromatic rings. The summed E-state index contributed by atoms with van der Waals surface area (Å²) in [5, 5.41) is 17.3. The number of alkyl halides is 3. The second-order valence-corrected chi connectivity index (χ2v) is 13.5. The van der Waals surface area contributed by atoms with E-state index in [1.54, 1.807) is 4.90 Å². The fourth-order valence-electron chi connectivity index (χ4n) is 7.29. The Kier molecular flexibility index (Phi) is 10.5. The number of hydrogen-bond donors (Lipinski definition) is 3. The monoisotopic (exact) mass is 704 g/mol. The van der Waals surface area contributed by atoms with Crippen molar-refractivity contribution in [2.24, 2.45) is 11.8 Å². The normalized spacial score (nSPS) is 19.2. The standard InChI is InChI=1S/C34H40ClF3N6O5/c35-27-19-21(18-26(29(27)45)34(36,37)38)20-28(31(46)42-14-8-23(9-15-42)22-6-12-39-13-7-22)49-33(48)43-16-10-25(11-17-43)44-32(47)40-30(41-44)24-4-2-1-3-5-24/h1-5,18-19,22-23,25,28,39,45H,6-17,20H2,(H,40,41,47)/t28-/m1/s1. The summed E-state index contributed by atoms with van der Waals surface area (Å²) in [5.41, 5.74) is -0.929.